The van der Waals surface area contributed by atoms with Crippen LogP contribution in [-0.4, -0.2) is 6.54 Å². The molecule has 0 aliphatic heterocycles. The predicted octanol–water partition coefficient (Wildman–Crippen LogP) is 4.22. The average molecular weight is 245 g/mol. The molecule has 1 saturated carbocycles. The van der Waals surface area contributed by atoms with Gasteiger partial charge in [0.25, 0.3) is 0 Å². The van der Waals surface area contributed by atoms with Crippen molar-refractivity contribution in [3.05, 3.63) is 34.9 Å². The largest absolute Gasteiger partial charge is 0.312 e. The minimum Gasteiger partial charge on any atom is -0.312 e. The third-order valence-corrected chi connectivity index (χ3v) is 4.09. The molecular formula is C17H27N. The molecule has 0 bridgehead atoms. The normalized spacial score (nSPS) is 24.2. The smallest absolute Gasteiger partial charge is 0.0205 e. The van der Waals surface area contributed by atoms with E-state index in [2.05, 4.69) is 44.3 Å². The Labute approximate surface area is 112 Å². The maximum absolute atomic E-state index is 3.65. The fourth-order valence-corrected chi connectivity index (χ4v) is 3.34. The second-order valence-electron chi connectivity index (χ2n) is 6.26. The summed E-state index contributed by atoms with van der Waals surface area (Å²) in [6.45, 7) is 8.97. The summed E-state index contributed by atoms with van der Waals surface area (Å²) in [4.78, 5) is 0. The second-order valence-corrected chi connectivity index (χ2v) is 6.26. The first kappa shape index (κ1) is 13.6. The van der Waals surface area contributed by atoms with Gasteiger partial charge in [0, 0.05) is 6.54 Å². The average Bonchev–Trinajstić information content (AvgIpc) is 2.27. The van der Waals surface area contributed by atoms with Gasteiger partial charge in [-0.25, -0.2) is 0 Å². The molecule has 1 aromatic carbocycles. The summed E-state index contributed by atoms with van der Waals surface area (Å²) in [5.41, 5.74) is 4.17. The maximum atomic E-state index is 3.65. The molecule has 2 rings (SSSR count). The summed E-state index contributed by atoms with van der Waals surface area (Å²) < 4.78 is 0. The summed E-state index contributed by atoms with van der Waals surface area (Å²) in [6.07, 6.45) is 5.70. The number of rotatable bonds is 4. The van der Waals surface area contributed by atoms with Crippen molar-refractivity contribution in [3.8, 4) is 0 Å². The molecule has 0 radical (unpaired) electrons. The van der Waals surface area contributed by atoms with Crippen LogP contribution in [0.3, 0.4) is 0 Å². The van der Waals surface area contributed by atoms with Gasteiger partial charge in [-0.1, -0.05) is 49.1 Å². The first-order chi connectivity index (χ1) is 8.63. The van der Waals surface area contributed by atoms with Crippen molar-refractivity contribution >= 4 is 0 Å². The molecule has 1 nitrogen and oxygen atoms in total. The third-order valence-electron chi connectivity index (χ3n) is 4.09. The lowest BCUT2D eigenvalue weighted by Gasteiger charge is -2.26. The number of aryl methyl sites for hydroxylation is 2. The summed E-state index contributed by atoms with van der Waals surface area (Å²) in [6, 6.07) is 6.83. The SMILES string of the molecule is Cc1cc(C)cc(CNCC2CCCC(C)C2)c1. The Morgan fingerprint density at radius 2 is 1.83 bits per heavy atom. The van der Waals surface area contributed by atoms with Crippen LogP contribution in [0.25, 0.3) is 0 Å². The van der Waals surface area contributed by atoms with Crippen LogP contribution in [0.2, 0.25) is 0 Å². The van der Waals surface area contributed by atoms with Crippen LogP contribution in [0.4, 0.5) is 0 Å². The van der Waals surface area contributed by atoms with Gasteiger partial charge in [-0.15, -0.1) is 0 Å². The fourth-order valence-electron chi connectivity index (χ4n) is 3.34. The molecule has 0 aromatic heterocycles. The van der Waals surface area contributed by atoms with E-state index < -0.39 is 0 Å². The van der Waals surface area contributed by atoms with E-state index in [-0.39, 0.29) is 0 Å². The number of nitrogens with one attached hydrogen (secondary N) is 1. The van der Waals surface area contributed by atoms with E-state index >= 15 is 0 Å². The van der Waals surface area contributed by atoms with Crippen molar-refractivity contribution < 1.29 is 0 Å². The molecule has 2 atom stereocenters. The molecule has 1 aliphatic carbocycles. The summed E-state index contributed by atoms with van der Waals surface area (Å²) in [5, 5.41) is 3.65. The third kappa shape index (κ3) is 4.13. The van der Waals surface area contributed by atoms with Gasteiger partial charge in [0.1, 0.15) is 0 Å². The van der Waals surface area contributed by atoms with Gasteiger partial charge in [0.15, 0.2) is 0 Å². The molecule has 1 aliphatic rings. The molecule has 1 aromatic rings. The highest BCUT2D eigenvalue weighted by Crippen LogP contribution is 2.27. The van der Waals surface area contributed by atoms with Crippen LogP contribution in [0.15, 0.2) is 18.2 Å². The zero-order valence-corrected chi connectivity index (χ0v) is 12.1. The van der Waals surface area contributed by atoms with Gasteiger partial charge in [-0.2, -0.15) is 0 Å². The van der Waals surface area contributed by atoms with Gasteiger partial charge in [0.05, 0.1) is 0 Å². The van der Waals surface area contributed by atoms with Crippen molar-refractivity contribution in [3.63, 3.8) is 0 Å². The van der Waals surface area contributed by atoms with Gasteiger partial charge >= 0.3 is 0 Å². The number of hydrogen-bond acceptors (Lipinski definition) is 1. The van der Waals surface area contributed by atoms with Crippen molar-refractivity contribution in [2.45, 2.75) is 53.0 Å². The highest BCUT2D eigenvalue weighted by atomic mass is 14.9. The van der Waals surface area contributed by atoms with E-state index in [1.54, 1.807) is 0 Å². The Balaban J connectivity index is 1.77. The highest BCUT2D eigenvalue weighted by Gasteiger charge is 2.18. The zero-order valence-electron chi connectivity index (χ0n) is 12.1. The molecule has 0 spiro atoms. The Kier molecular flexibility index (Phi) is 4.82. The molecule has 0 amide bonds. The molecule has 100 valence electrons. The summed E-state index contributed by atoms with van der Waals surface area (Å²) in [7, 11) is 0. The predicted molar refractivity (Wildman–Crippen MR) is 78.7 cm³/mol. The van der Waals surface area contributed by atoms with Crippen molar-refractivity contribution in [1.29, 1.82) is 0 Å². The number of benzene rings is 1. The molecule has 0 saturated heterocycles. The standard InChI is InChI=1S/C17H27N/c1-13-5-4-6-16(8-13)11-18-12-17-9-14(2)7-15(3)10-17/h7,9-10,13,16,18H,4-6,8,11-12H2,1-3H3. The molecule has 1 heteroatoms. The Hall–Kier alpha value is -0.820. The first-order valence-electron chi connectivity index (χ1n) is 7.41. The van der Waals surface area contributed by atoms with Crippen LogP contribution in [0.1, 0.15) is 49.3 Å². The van der Waals surface area contributed by atoms with Crippen LogP contribution in [0, 0.1) is 25.7 Å². The number of hydrogen-bond donors (Lipinski definition) is 1. The lowest BCUT2D eigenvalue weighted by atomic mass is 9.82. The van der Waals surface area contributed by atoms with Crippen LogP contribution in [-0.2, 0) is 6.54 Å². The van der Waals surface area contributed by atoms with E-state index in [1.807, 2.05) is 0 Å². The minimum absolute atomic E-state index is 0.902. The van der Waals surface area contributed by atoms with Gasteiger partial charge in [0.2, 0.25) is 0 Å². The van der Waals surface area contributed by atoms with Crippen molar-refractivity contribution in [2.24, 2.45) is 11.8 Å². The molecule has 18 heavy (non-hydrogen) atoms. The van der Waals surface area contributed by atoms with E-state index in [9.17, 15) is 0 Å². The van der Waals surface area contributed by atoms with E-state index in [4.69, 9.17) is 0 Å². The van der Waals surface area contributed by atoms with Crippen LogP contribution >= 0.6 is 0 Å². The Morgan fingerprint density at radius 3 is 2.50 bits per heavy atom. The Bertz CT molecular complexity index is 363. The molecule has 1 N–H and O–H groups in total. The topological polar surface area (TPSA) is 12.0 Å². The van der Waals surface area contributed by atoms with E-state index in [0.717, 1.165) is 18.4 Å². The lowest BCUT2D eigenvalue weighted by molar-refractivity contribution is 0.274. The van der Waals surface area contributed by atoms with Gasteiger partial charge in [-0.05, 0) is 50.6 Å². The van der Waals surface area contributed by atoms with Crippen LogP contribution in [0.5, 0.6) is 0 Å². The van der Waals surface area contributed by atoms with Crippen LogP contribution < -0.4 is 5.32 Å². The second kappa shape index (κ2) is 6.38. The quantitative estimate of drug-likeness (QED) is 0.837. The Morgan fingerprint density at radius 1 is 1.11 bits per heavy atom. The molecular weight excluding hydrogens is 218 g/mol. The lowest BCUT2D eigenvalue weighted by Crippen LogP contribution is -2.26. The minimum atomic E-state index is 0.902. The van der Waals surface area contributed by atoms with Gasteiger partial charge < -0.3 is 5.32 Å². The molecule has 2 unspecified atom stereocenters. The van der Waals surface area contributed by atoms with Gasteiger partial charge in [-0.3, -0.25) is 0 Å². The molecule has 1 fully saturated rings. The zero-order chi connectivity index (χ0) is 13.0. The maximum Gasteiger partial charge on any atom is 0.0205 e. The first-order valence-corrected chi connectivity index (χ1v) is 7.41. The summed E-state index contributed by atoms with van der Waals surface area (Å²) >= 11 is 0. The summed E-state index contributed by atoms with van der Waals surface area (Å²) in [5.74, 6) is 1.84. The fraction of sp³-hybridized carbons (Fsp3) is 0.647. The van der Waals surface area contributed by atoms with E-state index in [0.29, 0.717) is 0 Å². The monoisotopic (exact) mass is 245 g/mol. The molecule has 0 heterocycles. The van der Waals surface area contributed by atoms with Crippen molar-refractivity contribution in [2.75, 3.05) is 6.54 Å². The van der Waals surface area contributed by atoms with E-state index in [1.165, 1.54) is 48.9 Å². The van der Waals surface area contributed by atoms with Crippen molar-refractivity contribution in [1.82, 2.24) is 5.32 Å². The highest BCUT2D eigenvalue weighted by molar-refractivity contribution is 5.28.